The van der Waals surface area contributed by atoms with E-state index in [0.29, 0.717) is 30.3 Å². The summed E-state index contributed by atoms with van der Waals surface area (Å²) in [6.07, 6.45) is 2.31. The molecule has 0 aliphatic carbocycles. The van der Waals surface area contributed by atoms with E-state index in [0.717, 1.165) is 50.6 Å². The maximum absolute atomic E-state index is 13.0. The molecule has 0 bridgehead atoms. The van der Waals surface area contributed by atoms with Crippen LogP contribution >= 0.6 is 0 Å². The molecule has 0 atom stereocenters. The lowest BCUT2D eigenvalue weighted by molar-refractivity contribution is -0.190. The topological polar surface area (TPSA) is 96.7 Å². The number of hydroxylamine groups is 2. The van der Waals surface area contributed by atoms with Crippen molar-refractivity contribution in [3.63, 3.8) is 0 Å². The van der Waals surface area contributed by atoms with Crippen molar-refractivity contribution in [1.29, 1.82) is 0 Å². The molecular weight excluding hydrogens is 583 g/mol. The minimum absolute atomic E-state index is 0.000709. The number of rotatable bonds is 16. The number of imide groups is 1. The third kappa shape index (κ3) is 9.29. The fourth-order valence-corrected chi connectivity index (χ4v) is 5.23. The Morgan fingerprint density at radius 1 is 1.07 bits per heavy atom. The zero-order valence-corrected chi connectivity index (χ0v) is 27.9. The zero-order chi connectivity index (χ0) is 34.0. The first kappa shape index (κ1) is 36.8. The molecule has 0 radical (unpaired) electrons. The fraction of sp³-hybridized carbons (Fsp3) is 0.438. The first-order valence-corrected chi connectivity index (χ1v) is 14.6. The second-order valence-electron chi connectivity index (χ2n) is 10.9. The van der Waals surface area contributed by atoms with Crippen molar-refractivity contribution in [3.8, 4) is 5.75 Å². The standard InChI is InChI=1S/C32H44BF2N5O5/c1-11-39(14-12-13-30(43)45-40(19-41)20-42)28-18-29(44-10)26(17-27(28)37(7)8)31(32-22(3)16-24(5)38(32)9)25(6)21(2)15-23(4)36-33(34)35/h15-20H,11-14H2,1-10H3/b21-15-,31-25+,36-23+. The average Bonchev–Trinajstić information content (AvgIpc) is 3.23. The number of ether oxygens (including phenoxy) is 1. The summed E-state index contributed by atoms with van der Waals surface area (Å²) < 4.78 is 34.1. The summed E-state index contributed by atoms with van der Waals surface area (Å²) in [4.78, 5) is 45.9. The predicted molar refractivity (Wildman–Crippen MR) is 176 cm³/mol. The Morgan fingerprint density at radius 3 is 2.20 bits per heavy atom. The van der Waals surface area contributed by atoms with Crippen LogP contribution in [0.1, 0.15) is 63.1 Å². The van der Waals surface area contributed by atoms with Crippen LogP contribution in [0.4, 0.5) is 20.0 Å². The van der Waals surface area contributed by atoms with E-state index in [-0.39, 0.29) is 25.0 Å². The van der Waals surface area contributed by atoms with Crippen molar-refractivity contribution in [2.45, 2.75) is 54.4 Å². The maximum Gasteiger partial charge on any atom is 0.692 e. The maximum atomic E-state index is 13.0. The van der Waals surface area contributed by atoms with Crippen LogP contribution in [0.25, 0.3) is 5.57 Å². The van der Waals surface area contributed by atoms with Crippen molar-refractivity contribution in [1.82, 2.24) is 9.63 Å². The van der Waals surface area contributed by atoms with Gasteiger partial charge in [0.05, 0.1) is 24.2 Å². The van der Waals surface area contributed by atoms with Gasteiger partial charge in [-0.15, -0.1) is 5.06 Å². The number of methoxy groups -OCH3 is 1. The quantitative estimate of drug-likeness (QED) is 0.0792. The molecule has 0 aliphatic heterocycles. The average molecular weight is 628 g/mol. The molecule has 244 valence electrons. The van der Waals surface area contributed by atoms with Crippen molar-refractivity contribution in [3.05, 3.63) is 57.9 Å². The molecule has 0 saturated heterocycles. The molecule has 2 rings (SSSR count). The van der Waals surface area contributed by atoms with Gasteiger partial charge in [-0.3, -0.25) is 23.1 Å². The SMILES string of the molecule is CCN(CCCC(=O)ON(C=O)C=O)c1cc(OC)c(\C(=C(C)/C(C)=C\C(C)=N\B(F)F)c2c(C)cc(C)n2C)cc1N(C)C. The molecule has 1 aromatic heterocycles. The highest BCUT2D eigenvalue weighted by molar-refractivity contribution is 6.43. The van der Waals surface area contributed by atoms with E-state index < -0.39 is 13.4 Å². The summed E-state index contributed by atoms with van der Waals surface area (Å²) in [7, 11) is 4.69. The fourth-order valence-electron chi connectivity index (χ4n) is 5.23. The van der Waals surface area contributed by atoms with E-state index in [2.05, 4.69) is 26.5 Å². The van der Waals surface area contributed by atoms with Gasteiger partial charge in [-0.2, -0.15) is 0 Å². The van der Waals surface area contributed by atoms with Crippen molar-refractivity contribution in [2.24, 2.45) is 12.0 Å². The molecule has 45 heavy (non-hydrogen) atoms. The van der Waals surface area contributed by atoms with Crippen LogP contribution in [0.15, 0.2) is 40.3 Å². The summed E-state index contributed by atoms with van der Waals surface area (Å²) in [6, 6.07) is 6.13. The highest BCUT2D eigenvalue weighted by Gasteiger charge is 2.24. The number of benzene rings is 1. The second kappa shape index (κ2) is 16.6. The molecule has 0 N–H and O–H groups in total. The van der Waals surface area contributed by atoms with Crippen LogP contribution in [0.2, 0.25) is 0 Å². The number of carbonyl (C=O) groups excluding carboxylic acids is 3. The second-order valence-corrected chi connectivity index (χ2v) is 10.9. The largest absolute Gasteiger partial charge is 0.692 e. The van der Waals surface area contributed by atoms with E-state index in [1.54, 1.807) is 20.1 Å². The van der Waals surface area contributed by atoms with E-state index in [9.17, 15) is 23.0 Å². The molecule has 2 aromatic rings. The number of halogens is 2. The van der Waals surface area contributed by atoms with E-state index in [1.807, 2.05) is 66.7 Å². The van der Waals surface area contributed by atoms with Crippen molar-refractivity contribution >= 4 is 48.9 Å². The molecule has 2 amide bonds. The van der Waals surface area contributed by atoms with Gasteiger partial charge < -0.3 is 23.9 Å². The van der Waals surface area contributed by atoms with Gasteiger partial charge in [0.1, 0.15) is 5.75 Å². The summed E-state index contributed by atoms with van der Waals surface area (Å²) in [5.74, 6) is -0.0822. The molecule has 1 aromatic carbocycles. The van der Waals surface area contributed by atoms with Crippen LogP contribution in [0.5, 0.6) is 5.75 Å². The number of aryl methyl sites for hydroxylation is 2. The number of carbonyl (C=O) groups is 3. The summed E-state index contributed by atoms with van der Waals surface area (Å²) >= 11 is 0. The Morgan fingerprint density at radius 2 is 1.71 bits per heavy atom. The Kier molecular flexibility index (Phi) is 13.6. The van der Waals surface area contributed by atoms with Crippen LogP contribution in [0, 0.1) is 13.8 Å². The minimum Gasteiger partial charge on any atom is -0.496 e. The van der Waals surface area contributed by atoms with E-state index >= 15 is 0 Å². The van der Waals surface area contributed by atoms with Gasteiger partial charge in [-0.25, -0.2) is 4.79 Å². The van der Waals surface area contributed by atoms with Crippen LogP contribution in [0.3, 0.4) is 0 Å². The first-order chi connectivity index (χ1) is 21.2. The van der Waals surface area contributed by atoms with Gasteiger partial charge in [-0.05, 0) is 82.9 Å². The smallest absolute Gasteiger partial charge is 0.496 e. The highest BCUT2D eigenvalue weighted by atomic mass is 19.2. The molecule has 1 heterocycles. The summed E-state index contributed by atoms with van der Waals surface area (Å²) in [5.41, 5.74) is 8.48. The van der Waals surface area contributed by atoms with Gasteiger partial charge in [0.15, 0.2) is 0 Å². The van der Waals surface area contributed by atoms with Crippen LogP contribution in [-0.4, -0.2) is 75.8 Å². The summed E-state index contributed by atoms with van der Waals surface area (Å²) in [5, 5.41) is 0.292. The van der Waals surface area contributed by atoms with Gasteiger partial charge in [0.25, 0.3) is 12.8 Å². The van der Waals surface area contributed by atoms with E-state index in [4.69, 9.17) is 9.57 Å². The molecule has 0 spiro atoms. The van der Waals surface area contributed by atoms with Crippen LogP contribution in [-0.2, 0) is 26.3 Å². The lowest BCUT2D eigenvalue weighted by Gasteiger charge is -2.30. The molecule has 10 nitrogen and oxygen atoms in total. The third-order valence-corrected chi connectivity index (χ3v) is 7.59. The molecule has 0 unspecified atom stereocenters. The van der Waals surface area contributed by atoms with Gasteiger partial charge in [-0.1, -0.05) is 0 Å². The third-order valence-electron chi connectivity index (χ3n) is 7.59. The summed E-state index contributed by atoms with van der Waals surface area (Å²) in [6.45, 7) is 12.6. The number of amides is 2. The molecule has 0 aliphatic rings. The lowest BCUT2D eigenvalue weighted by atomic mass is 9.90. The number of hydrogen-bond acceptors (Lipinski definition) is 8. The first-order valence-electron chi connectivity index (χ1n) is 14.6. The number of aromatic nitrogens is 1. The Bertz CT molecular complexity index is 1470. The number of anilines is 2. The normalized spacial score (nSPS) is 12.4. The number of nitrogens with zero attached hydrogens (tertiary/aromatic N) is 5. The molecular formula is C32H44BF2N5O5. The molecule has 0 saturated carbocycles. The minimum atomic E-state index is -2.79. The zero-order valence-electron chi connectivity index (χ0n) is 27.9. The monoisotopic (exact) mass is 627 g/mol. The number of allylic oxidation sites excluding steroid dienone is 3. The van der Waals surface area contributed by atoms with Gasteiger partial charge in [0, 0.05) is 69.3 Å². The molecule has 0 fully saturated rings. The van der Waals surface area contributed by atoms with Crippen molar-refractivity contribution < 1.29 is 32.6 Å². The highest BCUT2D eigenvalue weighted by Crippen LogP contribution is 2.43. The molecule has 13 heteroatoms. The van der Waals surface area contributed by atoms with Crippen molar-refractivity contribution in [2.75, 3.05) is 44.1 Å². The predicted octanol–water partition coefficient (Wildman–Crippen LogP) is 5.55. The van der Waals surface area contributed by atoms with Gasteiger partial charge >= 0.3 is 13.4 Å². The number of hydrogen-bond donors (Lipinski definition) is 0. The van der Waals surface area contributed by atoms with Gasteiger partial charge in [0.2, 0.25) is 0 Å². The Labute approximate surface area is 265 Å². The van der Waals surface area contributed by atoms with Crippen LogP contribution < -0.4 is 14.5 Å². The Balaban J connectivity index is 2.74. The lowest BCUT2D eigenvalue weighted by Crippen LogP contribution is -2.28. The Hall–Kier alpha value is -4.42. The van der Waals surface area contributed by atoms with E-state index in [1.165, 1.54) is 0 Å².